The van der Waals surface area contributed by atoms with E-state index in [2.05, 4.69) is 6.92 Å². The van der Waals surface area contributed by atoms with Crippen molar-refractivity contribution < 1.29 is 24.5 Å². The zero-order valence-corrected chi connectivity index (χ0v) is 19.5. The highest BCUT2D eigenvalue weighted by atomic mass is 16.5. The zero-order chi connectivity index (χ0) is 23.3. The monoisotopic (exact) mass is 428 g/mol. The Labute approximate surface area is 185 Å². The predicted octanol–water partition coefficient (Wildman–Crippen LogP) is 4.23. The maximum atomic E-state index is 12.7. The summed E-state index contributed by atoms with van der Waals surface area (Å²) in [5.41, 5.74) is 2.53. The molecule has 6 atom stereocenters. The molecule has 0 fully saturated rings. The zero-order valence-electron chi connectivity index (χ0n) is 19.5. The molecule has 0 saturated heterocycles. The third-order valence-corrected chi connectivity index (χ3v) is 6.52. The minimum Gasteiger partial charge on any atom is -0.458 e. The maximum absolute atomic E-state index is 12.7. The van der Waals surface area contributed by atoms with Crippen LogP contribution in [-0.2, 0) is 14.3 Å². The van der Waals surface area contributed by atoms with E-state index in [0.717, 1.165) is 16.7 Å². The van der Waals surface area contributed by atoms with Crippen LogP contribution in [0.1, 0.15) is 54.4 Å². The van der Waals surface area contributed by atoms with Crippen LogP contribution in [-0.4, -0.2) is 40.3 Å². The first-order chi connectivity index (χ1) is 14.5. The largest absolute Gasteiger partial charge is 0.458 e. The lowest BCUT2D eigenvalue weighted by Crippen LogP contribution is -2.43. The number of fused-ring (bicyclic) bond motifs is 1. The highest BCUT2D eigenvalue weighted by Crippen LogP contribution is 2.50. The molecule has 0 bridgehead atoms. The van der Waals surface area contributed by atoms with Crippen LogP contribution in [0.25, 0.3) is 0 Å². The van der Waals surface area contributed by atoms with E-state index in [1.165, 1.54) is 0 Å². The lowest BCUT2D eigenvalue weighted by atomic mass is 9.60. The number of carbonyl (C=O) groups is 2. The molecule has 170 valence electrons. The summed E-state index contributed by atoms with van der Waals surface area (Å²) in [5, 5.41) is 19.5. The maximum Gasteiger partial charge on any atom is 0.312 e. The normalized spacial score (nSPS) is 29.0. The smallest absolute Gasteiger partial charge is 0.312 e. The van der Waals surface area contributed by atoms with E-state index < -0.39 is 30.2 Å². The van der Waals surface area contributed by atoms with Crippen molar-refractivity contribution in [1.29, 1.82) is 0 Å². The van der Waals surface area contributed by atoms with E-state index >= 15 is 0 Å². The van der Waals surface area contributed by atoms with Gasteiger partial charge in [-0.3, -0.25) is 9.59 Å². The van der Waals surface area contributed by atoms with E-state index in [9.17, 15) is 19.8 Å². The average Bonchev–Trinajstić information content (AvgIpc) is 2.70. The number of allylic oxidation sites excluding steroid dienone is 7. The number of ether oxygens (including phenoxy) is 1. The van der Waals surface area contributed by atoms with Gasteiger partial charge in [0.05, 0.1) is 18.1 Å². The summed E-state index contributed by atoms with van der Waals surface area (Å²) in [6, 6.07) is 0. The molecule has 0 radical (unpaired) electrons. The highest BCUT2D eigenvalue weighted by molar-refractivity contribution is 6.06. The third kappa shape index (κ3) is 5.92. The summed E-state index contributed by atoms with van der Waals surface area (Å²) in [4.78, 5) is 25.1. The van der Waals surface area contributed by atoms with E-state index in [4.69, 9.17) is 4.74 Å². The van der Waals surface area contributed by atoms with Crippen LogP contribution in [0.3, 0.4) is 0 Å². The molecule has 0 spiro atoms. The molecule has 0 aromatic rings. The predicted molar refractivity (Wildman–Crippen MR) is 122 cm³/mol. The van der Waals surface area contributed by atoms with Crippen molar-refractivity contribution in [3.05, 3.63) is 59.3 Å². The standard InChI is InChI=1S/C26H36O5/c1-16(2)21-15-26(6)19(5)24(13-12-20(26)14-23(21)29)31-25(30)18(4)22(28)11-9-7-8-10-17(3)27/h7-9,11-14,17-19,22,24,27-28H,10,15H2,1-6H3/b8-7+,11-9+/t17-,18-,19+,22-,24-,26-/m1/s1. The molecule has 5 nitrogen and oxygen atoms in total. The van der Waals surface area contributed by atoms with E-state index in [-0.39, 0.29) is 17.1 Å². The third-order valence-electron chi connectivity index (χ3n) is 6.52. The number of rotatable bonds is 7. The van der Waals surface area contributed by atoms with Gasteiger partial charge in [-0.1, -0.05) is 49.8 Å². The van der Waals surface area contributed by atoms with Crippen molar-refractivity contribution in [1.82, 2.24) is 0 Å². The van der Waals surface area contributed by atoms with Gasteiger partial charge in [-0.25, -0.2) is 0 Å². The Morgan fingerprint density at radius 2 is 1.97 bits per heavy atom. The van der Waals surface area contributed by atoms with Gasteiger partial charge in [0, 0.05) is 11.3 Å². The van der Waals surface area contributed by atoms with Gasteiger partial charge in [0.15, 0.2) is 5.78 Å². The molecule has 0 unspecified atom stereocenters. The quantitative estimate of drug-likeness (QED) is 0.360. The van der Waals surface area contributed by atoms with Gasteiger partial charge >= 0.3 is 5.97 Å². The molecular weight excluding hydrogens is 392 g/mol. The number of esters is 1. The van der Waals surface area contributed by atoms with Crippen molar-refractivity contribution in [2.75, 3.05) is 0 Å². The van der Waals surface area contributed by atoms with Crippen LogP contribution >= 0.6 is 0 Å². The molecule has 2 aliphatic carbocycles. The molecule has 0 amide bonds. The van der Waals surface area contributed by atoms with Gasteiger partial charge in [0.1, 0.15) is 6.10 Å². The van der Waals surface area contributed by atoms with Gasteiger partial charge < -0.3 is 14.9 Å². The van der Waals surface area contributed by atoms with Crippen LogP contribution < -0.4 is 0 Å². The van der Waals surface area contributed by atoms with Crippen LogP contribution in [0.5, 0.6) is 0 Å². The second kappa shape index (κ2) is 10.4. The SMILES string of the molecule is CC(C)=C1C[C@@]2(C)C(=CC1=O)C=C[C@@H](OC(=O)[C@H](C)[C@H](O)/C=C/C=C/C[C@@H](C)O)[C@@H]2C. The first-order valence-electron chi connectivity index (χ1n) is 11.0. The molecule has 0 aliphatic heterocycles. The fourth-order valence-electron chi connectivity index (χ4n) is 3.98. The molecule has 2 aliphatic rings. The van der Waals surface area contributed by atoms with Crippen LogP contribution in [0.4, 0.5) is 0 Å². The Balaban J connectivity index is 2.07. The Morgan fingerprint density at radius 3 is 2.58 bits per heavy atom. The Bertz CT molecular complexity index is 838. The van der Waals surface area contributed by atoms with E-state index in [1.54, 1.807) is 44.2 Å². The number of aliphatic hydroxyl groups excluding tert-OH is 2. The van der Waals surface area contributed by atoms with Gasteiger partial charge in [-0.2, -0.15) is 0 Å². The fourth-order valence-corrected chi connectivity index (χ4v) is 3.98. The number of hydrogen-bond acceptors (Lipinski definition) is 5. The number of aliphatic hydroxyl groups is 2. The van der Waals surface area contributed by atoms with Gasteiger partial charge in [0.25, 0.3) is 0 Å². The fraction of sp³-hybridized carbons (Fsp3) is 0.538. The van der Waals surface area contributed by atoms with Crippen molar-refractivity contribution in [2.45, 2.75) is 72.7 Å². The summed E-state index contributed by atoms with van der Waals surface area (Å²) in [7, 11) is 0. The molecule has 2 rings (SSSR count). The van der Waals surface area contributed by atoms with Crippen molar-refractivity contribution in [2.24, 2.45) is 17.3 Å². The summed E-state index contributed by atoms with van der Waals surface area (Å²) in [6.45, 7) is 11.4. The molecule has 31 heavy (non-hydrogen) atoms. The van der Waals surface area contributed by atoms with Gasteiger partial charge in [0.2, 0.25) is 0 Å². The molecular formula is C26H36O5. The molecule has 2 N–H and O–H groups in total. The number of ketones is 1. The summed E-state index contributed by atoms with van der Waals surface area (Å²) in [5.74, 6) is -1.13. The summed E-state index contributed by atoms with van der Waals surface area (Å²) < 4.78 is 5.78. The molecule has 0 heterocycles. The first-order valence-corrected chi connectivity index (χ1v) is 11.0. The summed E-state index contributed by atoms with van der Waals surface area (Å²) in [6.07, 6.45) is 11.5. The number of hydrogen-bond donors (Lipinski definition) is 2. The van der Waals surface area contributed by atoms with E-state index in [0.29, 0.717) is 12.8 Å². The Morgan fingerprint density at radius 1 is 1.29 bits per heavy atom. The molecule has 0 aromatic heterocycles. The first kappa shape index (κ1) is 25.0. The lowest BCUT2D eigenvalue weighted by molar-refractivity contribution is -0.158. The number of carbonyl (C=O) groups excluding carboxylic acids is 2. The molecule has 5 heteroatoms. The van der Waals surface area contributed by atoms with Crippen molar-refractivity contribution >= 4 is 11.8 Å². The van der Waals surface area contributed by atoms with Gasteiger partial charge in [-0.05, 0) is 63.8 Å². The minimum atomic E-state index is -0.970. The Hall–Kier alpha value is -2.24. The van der Waals surface area contributed by atoms with Crippen molar-refractivity contribution in [3.8, 4) is 0 Å². The van der Waals surface area contributed by atoms with Crippen LogP contribution in [0, 0.1) is 17.3 Å². The molecule has 0 aromatic carbocycles. The van der Waals surface area contributed by atoms with Crippen LogP contribution in [0.15, 0.2) is 59.3 Å². The molecule has 0 saturated carbocycles. The topological polar surface area (TPSA) is 83.8 Å². The second-order valence-electron chi connectivity index (χ2n) is 9.26. The minimum absolute atomic E-state index is 0.0153. The van der Waals surface area contributed by atoms with Crippen molar-refractivity contribution in [3.63, 3.8) is 0 Å². The summed E-state index contributed by atoms with van der Waals surface area (Å²) >= 11 is 0. The van der Waals surface area contributed by atoms with Gasteiger partial charge in [-0.15, -0.1) is 0 Å². The average molecular weight is 429 g/mol. The lowest BCUT2D eigenvalue weighted by Gasteiger charge is -2.45. The van der Waals surface area contributed by atoms with E-state index in [1.807, 2.05) is 32.9 Å². The highest BCUT2D eigenvalue weighted by Gasteiger charge is 2.45. The second-order valence-corrected chi connectivity index (χ2v) is 9.26. The van der Waals surface area contributed by atoms with Crippen LogP contribution in [0.2, 0.25) is 0 Å². The Kier molecular flexibility index (Phi) is 8.38.